The molecule has 0 atom stereocenters. The van der Waals surface area contributed by atoms with Gasteiger partial charge in [-0.3, -0.25) is 0 Å². The Labute approximate surface area is 94.9 Å². The summed E-state index contributed by atoms with van der Waals surface area (Å²) in [5.41, 5.74) is 0.873. The largest absolute Gasteiger partial charge is 0.502 e. The van der Waals surface area contributed by atoms with Crippen LogP contribution in [-0.2, 0) is 17.8 Å². The predicted molar refractivity (Wildman–Crippen MR) is 59.6 cm³/mol. The first-order valence-corrected chi connectivity index (χ1v) is 5.30. The standard InChI is InChI=1S/C10H18N4O2/c1-2-16-7-3-4-11-8-10-9-14(5-6-15)13-12-10/h2,9,11,15H,1,3-8H2. The van der Waals surface area contributed by atoms with Gasteiger partial charge in [0.15, 0.2) is 0 Å². The number of aliphatic hydroxyl groups is 1. The normalized spacial score (nSPS) is 10.3. The molecule has 1 heterocycles. The maximum absolute atomic E-state index is 8.70. The molecule has 1 aromatic rings. The third-order valence-electron chi connectivity index (χ3n) is 1.95. The van der Waals surface area contributed by atoms with E-state index in [0.29, 0.717) is 19.7 Å². The maximum atomic E-state index is 8.70. The van der Waals surface area contributed by atoms with Crippen LogP contribution < -0.4 is 5.32 Å². The van der Waals surface area contributed by atoms with E-state index in [2.05, 4.69) is 22.2 Å². The van der Waals surface area contributed by atoms with Crippen LogP contribution >= 0.6 is 0 Å². The number of nitrogens with one attached hydrogen (secondary N) is 1. The van der Waals surface area contributed by atoms with Crippen molar-refractivity contribution < 1.29 is 9.84 Å². The molecule has 0 radical (unpaired) electrons. The van der Waals surface area contributed by atoms with E-state index < -0.39 is 0 Å². The zero-order valence-corrected chi connectivity index (χ0v) is 9.30. The van der Waals surface area contributed by atoms with E-state index in [0.717, 1.165) is 18.7 Å². The lowest BCUT2D eigenvalue weighted by Gasteiger charge is -2.01. The van der Waals surface area contributed by atoms with Gasteiger partial charge in [-0.1, -0.05) is 11.8 Å². The number of hydrogen-bond acceptors (Lipinski definition) is 5. The Bertz CT molecular complexity index is 301. The van der Waals surface area contributed by atoms with Crippen LogP contribution in [0.15, 0.2) is 19.0 Å². The molecule has 0 aliphatic carbocycles. The highest BCUT2D eigenvalue weighted by atomic mass is 16.5. The second kappa shape index (κ2) is 7.84. The van der Waals surface area contributed by atoms with Gasteiger partial charge in [-0.15, -0.1) is 5.10 Å². The molecule has 0 aromatic carbocycles. The Kier molecular flexibility index (Phi) is 6.20. The molecule has 2 N–H and O–H groups in total. The van der Waals surface area contributed by atoms with Crippen molar-refractivity contribution in [2.75, 3.05) is 19.8 Å². The fourth-order valence-corrected chi connectivity index (χ4v) is 1.21. The zero-order chi connectivity index (χ0) is 11.6. The molecule has 0 aliphatic heterocycles. The van der Waals surface area contributed by atoms with Gasteiger partial charge in [0, 0.05) is 12.7 Å². The first-order chi connectivity index (χ1) is 7.86. The summed E-state index contributed by atoms with van der Waals surface area (Å²) < 4.78 is 6.61. The van der Waals surface area contributed by atoms with E-state index in [9.17, 15) is 0 Å². The third-order valence-corrected chi connectivity index (χ3v) is 1.95. The molecule has 16 heavy (non-hydrogen) atoms. The smallest absolute Gasteiger partial charge is 0.0964 e. The van der Waals surface area contributed by atoms with Crippen molar-refractivity contribution >= 4 is 0 Å². The lowest BCUT2D eigenvalue weighted by atomic mass is 10.4. The summed E-state index contributed by atoms with van der Waals surface area (Å²) in [6.45, 7) is 6.24. The molecular formula is C10H18N4O2. The van der Waals surface area contributed by atoms with Crippen molar-refractivity contribution in [2.24, 2.45) is 0 Å². The Morgan fingerprint density at radius 1 is 1.62 bits per heavy atom. The molecule has 6 nitrogen and oxygen atoms in total. The van der Waals surface area contributed by atoms with Gasteiger partial charge in [-0.2, -0.15) is 0 Å². The van der Waals surface area contributed by atoms with Crippen LogP contribution in [0.2, 0.25) is 0 Å². The van der Waals surface area contributed by atoms with Gasteiger partial charge < -0.3 is 15.2 Å². The lowest BCUT2D eigenvalue weighted by Crippen LogP contribution is -2.16. The Hall–Kier alpha value is -1.40. The van der Waals surface area contributed by atoms with Gasteiger partial charge in [-0.25, -0.2) is 4.68 Å². The highest BCUT2D eigenvalue weighted by Gasteiger charge is 1.99. The molecule has 0 unspecified atom stereocenters. The molecule has 1 aromatic heterocycles. The monoisotopic (exact) mass is 226 g/mol. The van der Waals surface area contributed by atoms with Gasteiger partial charge in [0.2, 0.25) is 0 Å². The molecule has 0 amide bonds. The molecule has 90 valence electrons. The van der Waals surface area contributed by atoms with Crippen LogP contribution in [0.5, 0.6) is 0 Å². The summed E-state index contributed by atoms with van der Waals surface area (Å²) in [6.07, 6.45) is 4.20. The topological polar surface area (TPSA) is 72.2 Å². The number of rotatable bonds is 9. The van der Waals surface area contributed by atoms with Crippen molar-refractivity contribution in [1.82, 2.24) is 20.3 Å². The van der Waals surface area contributed by atoms with E-state index in [4.69, 9.17) is 9.84 Å². The van der Waals surface area contributed by atoms with Gasteiger partial charge in [0.05, 0.1) is 31.7 Å². The minimum Gasteiger partial charge on any atom is -0.502 e. The van der Waals surface area contributed by atoms with Crippen molar-refractivity contribution in [2.45, 2.75) is 19.5 Å². The third kappa shape index (κ3) is 4.90. The fraction of sp³-hybridized carbons (Fsp3) is 0.600. The molecule has 0 bridgehead atoms. The molecule has 0 saturated carbocycles. The van der Waals surface area contributed by atoms with Crippen LogP contribution in [0.25, 0.3) is 0 Å². The summed E-state index contributed by atoms with van der Waals surface area (Å²) in [5, 5.41) is 19.7. The van der Waals surface area contributed by atoms with Gasteiger partial charge in [-0.05, 0) is 13.0 Å². The van der Waals surface area contributed by atoms with E-state index in [1.807, 2.05) is 6.20 Å². The Morgan fingerprint density at radius 3 is 3.25 bits per heavy atom. The summed E-state index contributed by atoms with van der Waals surface area (Å²) in [4.78, 5) is 0. The summed E-state index contributed by atoms with van der Waals surface area (Å²) in [7, 11) is 0. The minimum atomic E-state index is 0.0785. The van der Waals surface area contributed by atoms with Crippen molar-refractivity contribution in [3.63, 3.8) is 0 Å². The van der Waals surface area contributed by atoms with E-state index in [1.165, 1.54) is 6.26 Å². The molecule has 6 heteroatoms. The highest BCUT2D eigenvalue weighted by Crippen LogP contribution is 1.92. The molecule has 0 spiro atoms. The number of nitrogens with zero attached hydrogens (tertiary/aromatic N) is 3. The summed E-state index contributed by atoms with van der Waals surface area (Å²) in [5.74, 6) is 0. The highest BCUT2D eigenvalue weighted by molar-refractivity contribution is 4.91. The van der Waals surface area contributed by atoms with Gasteiger partial charge in [0.25, 0.3) is 0 Å². The van der Waals surface area contributed by atoms with Gasteiger partial charge in [0.1, 0.15) is 0 Å². The van der Waals surface area contributed by atoms with Crippen LogP contribution in [0.1, 0.15) is 12.1 Å². The summed E-state index contributed by atoms with van der Waals surface area (Å²) >= 11 is 0. The van der Waals surface area contributed by atoms with Gasteiger partial charge >= 0.3 is 0 Å². The first kappa shape index (κ1) is 12.7. The number of aromatic nitrogens is 3. The fourth-order valence-electron chi connectivity index (χ4n) is 1.21. The Morgan fingerprint density at radius 2 is 2.50 bits per heavy atom. The van der Waals surface area contributed by atoms with E-state index in [1.54, 1.807) is 4.68 Å². The summed E-state index contributed by atoms with van der Waals surface area (Å²) in [6, 6.07) is 0. The number of hydrogen-bond donors (Lipinski definition) is 2. The second-order valence-corrected chi connectivity index (χ2v) is 3.26. The van der Waals surface area contributed by atoms with Crippen molar-refractivity contribution in [1.29, 1.82) is 0 Å². The second-order valence-electron chi connectivity index (χ2n) is 3.26. The van der Waals surface area contributed by atoms with E-state index >= 15 is 0 Å². The average Bonchev–Trinajstić information content (AvgIpc) is 2.72. The quantitative estimate of drug-likeness (QED) is 0.455. The molecule has 0 aliphatic rings. The molecule has 0 fully saturated rings. The molecule has 1 rings (SSSR count). The zero-order valence-electron chi connectivity index (χ0n) is 9.30. The van der Waals surface area contributed by atoms with Crippen LogP contribution in [0.3, 0.4) is 0 Å². The van der Waals surface area contributed by atoms with E-state index in [-0.39, 0.29) is 6.61 Å². The first-order valence-electron chi connectivity index (χ1n) is 5.30. The van der Waals surface area contributed by atoms with Crippen molar-refractivity contribution in [3.05, 3.63) is 24.7 Å². The lowest BCUT2D eigenvalue weighted by molar-refractivity contribution is 0.244. The Balaban J connectivity index is 2.09. The number of aliphatic hydroxyl groups excluding tert-OH is 1. The average molecular weight is 226 g/mol. The van der Waals surface area contributed by atoms with Crippen LogP contribution in [0, 0.1) is 0 Å². The SMILES string of the molecule is C=COCCCNCc1cn(CCO)nn1. The van der Waals surface area contributed by atoms with Crippen molar-refractivity contribution in [3.8, 4) is 0 Å². The predicted octanol–water partition coefficient (Wildman–Crippen LogP) is -0.0898. The maximum Gasteiger partial charge on any atom is 0.0964 e. The molecular weight excluding hydrogens is 208 g/mol. The van der Waals surface area contributed by atoms with Crippen LogP contribution in [-0.4, -0.2) is 39.9 Å². The minimum absolute atomic E-state index is 0.0785. The van der Waals surface area contributed by atoms with Crippen LogP contribution in [0.4, 0.5) is 0 Å². The number of ether oxygens (including phenoxy) is 1. The molecule has 0 saturated heterocycles.